The highest BCUT2D eigenvalue weighted by molar-refractivity contribution is 4.92. The molecule has 1 atom stereocenters. The van der Waals surface area contributed by atoms with Crippen LogP contribution in [0.2, 0.25) is 0 Å². The molecule has 0 amide bonds. The summed E-state index contributed by atoms with van der Waals surface area (Å²) in [4.78, 5) is 0. The molecule has 0 saturated carbocycles. The minimum atomic E-state index is 0.289. The molecular weight excluding hydrogens is 230 g/mol. The maximum atomic E-state index is 4.02. The van der Waals surface area contributed by atoms with Gasteiger partial charge in [-0.25, -0.2) is 0 Å². The first kappa shape index (κ1) is 18.7. The zero-order valence-electron chi connectivity index (χ0n) is 13.8. The Morgan fingerprint density at radius 2 is 1.47 bits per heavy atom. The summed E-state index contributed by atoms with van der Waals surface area (Å²) >= 11 is 0. The SMILES string of the molecule is C=CC(C)(CCCCCCCCCC)CNCCC. The largest absolute Gasteiger partial charge is 0.316 e. The highest BCUT2D eigenvalue weighted by Crippen LogP contribution is 2.25. The van der Waals surface area contributed by atoms with Crippen LogP contribution in [0.4, 0.5) is 0 Å². The summed E-state index contributed by atoms with van der Waals surface area (Å²) in [6.07, 6.45) is 15.9. The van der Waals surface area contributed by atoms with E-state index < -0.39 is 0 Å². The fourth-order valence-corrected chi connectivity index (χ4v) is 2.48. The average Bonchev–Trinajstić information content (AvgIpc) is 2.42. The molecule has 0 aromatic rings. The number of rotatable bonds is 14. The monoisotopic (exact) mass is 267 g/mol. The van der Waals surface area contributed by atoms with E-state index in [-0.39, 0.29) is 5.41 Å². The molecule has 0 aliphatic carbocycles. The number of hydrogen-bond acceptors (Lipinski definition) is 1. The molecule has 19 heavy (non-hydrogen) atoms. The molecule has 0 fully saturated rings. The summed E-state index contributed by atoms with van der Waals surface area (Å²) in [7, 11) is 0. The van der Waals surface area contributed by atoms with Crippen LogP contribution < -0.4 is 5.32 Å². The maximum absolute atomic E-state index is 4.02. The van der Waals surface area contributed by atoms with Gasteiger partial charge in [0.25, 0.3) is 0 Å². The average molecular weight is 268 g/mol. The van der Waals surface area contributed by atoms with E-state index in [9.17, 15) is 0 Å². The lowest BCUT2D eigenvalue weighted by Gasteiger charge is -2.26. The summed E-state index contributed by atoms with van der Waals surface area (Å²) in [5.74, 6) is 0. The van der Waals surface area contributed by atoms with Gasteiger partial charge in [0, 0.05) is 6.54 Å². The topological polar surface area (TPSA) is 12.0 Å². The summed E-state index contributed by atoms with van der Waals surface area (Å²) < 4.78 is 0. The van der Waals surface area contributed by atoms with Gasteiger partial charge in [-0.1, -0.05) is 78.2 Å². The van der Waals surface area contributed by atoms with Crippen molar-refractivity contribution in [3.63, 3.8) is 0 Å². The molecule has 0 radical (unpaired) electrons. The maximum Gasteiger partial charge on any atom is 0.00397 e. The van der Waals surface area contributed by atoms with E-state index in [0.717, 1.165) is 13.1 Å². The van der Waals surface area contributed by atoms with Crippen molar-refractivity contribution in [2.24, 2.45) is 5.41 Å². The van der Waals surface area contributed by atoms with E-state index in [2.05, 4.69) is 38.7 Å². The Bertz CT molecular complexity index is 200. The van der Waals surface area contributed by atoms with Gasteiger partial charge in [0.2, 0.25) is 0 Å². The summed E-state index contributed by atoms with van der Waals surface area (Å²) in [5.41, 5.74) is 0.289. The van der Waals surface area contributed by atoms with Crippen LogP contribution in [0, 0.1) is 5.41 Å². The van der Waals surface area contributed by atoms with Gasteiger partial charge in [-0.15, -0.1) is 6.58 Å². The molecule has 0 heterocycles. The van der Waals surface area contributed by atoms with Crippen LogP contribution in [0.1, 0.15) is 85.0 Å². The van der Waals surface area contributed by atoms with Crippen LogP contribution in [0.3, 0.4) is 0 Å². The summed E-state index contributed by atoms with van der Waals surface area (Å²) in [6.45, 7) is 13.1. The number of nitrogens with one attached hydrogen (secondary N) is 1. The molecule has 114 valence electrons. The predicted molar refractivity (Wildman–Crippen MR) is 88.7 cm³/mol. The molecule has 1 N–H and O–H groups in total. The molecule has 0 rings (SSSR count). The molecule has 1 unspecified atom stereocenters. The fourth-order valence-electron chi connectivity index (χ4n) is 2.48. The molecule has 0 aliphatic heterocycles. The van der Waals surface area contributed by atoms with Gasteiger partial charge in [0.1, 0.15) is 0 Å². The van der Waals surface area contributed by atoms with Gasteiger partial charge < -0.3 is 5.32 Å². The van der Waals surface area contributed by atoms with E-state index in [0.29, 0.717) is 0 Å². The van der Waals surface area contributed by atoms with Crippen LogP contribution in [0.25, 0.3) is 0 Å². The van der Waals surface area contributed by atoms with Gasteiger partial charge in [0.15, 0.2) is 0 Å². The first-order chi connectivity index (χ1) is 9.18. The van der Waals surface area contributed by atoms with Crippen molar-refractivity contribution in [1.82, 2.24) is 5.32 Å². The normalized spacial score (nSPS) is 14.3. The standard InChI is InChI=1S/C18H37N/c1-5-8-9-10-11-12-13-14-15-18(4,7-3)17-19-16-6-2/h7,19H,3,5-6,8-17H2,1-2,4H3. The van der Waals surface area contributed by atoms with E-state index in [1.54, 1.807) is 0 Å². The lowest BCUT2D eigenvalue weighted by molar-refractivity contribution is 0.348. The molecule has 0 aromatic carbocycles. The van der Waals surface area contributed by atoms with Crippen LogP contribution in [-0.4, -0.2) is 13.1 Å². The lowest BCUT2D eigenvalue weighted by Crippen LogP contribution is -2.30. The Labute approximate surface area is 122 Å². The van der Waals surface area contributed by atoms with Gasteiger partial charge in [-0.05, 0) is 24.8 Å². The Balaban J connectivity index is 3.51. The van der Waals surface area contributed by atoms with Crippen LogP contribution >= 0.6 is 0 Å². The first-order valence-corrected chi connectivity index (χ1v) is 8.53. The molecule has 0 bridgehead atoms. The lowest BCUT2D eigenvalue weighted by atomic mass is 9.84. The minimum Gasteiger partial charge on any atom is -0.316 e. The summed E-state index contributed by atoms with van der Waals surface area (Å²) in [5, 5.41) is 3.53. The smallest absolute Gasteiger partial charge is 0.00397 e. The fraction of sp³-hybridized carbons (Fsp3) is 0.889. The number of unbranched alkanes of at least 4 members (excludes halogenated alkanes) is 7. The Hall–Kier alpha value is -0.300. The molecule has 0 saturated heterocycles. The van der Waals surface area contributed by atoms with Crippen molar-refractivity contribution >= 4 is 0 Å². The van der Waals surface area contributed by atoms with Crippen molar-refractivity contribution < 1.29 is 0 Å². The molecule has 0 aliphatic rings. The van der Waals surface area contributed by atoms with Gasteiger partial charge >= 0.3 is 0 Å². The molecule has 1 heteroatoms. The van der Waals surface area contributed by atoms with Crippen molar-refractivity contribution in [1.29, 1.82) is 0 Å². The van der Waals surface area contributed by atoms with Crippen LogP contribution in [-0.2, 0) is 0 Å². The highest BCUT2D eigenvalue weighted by atomic mass is 14.9. The quantitative estimate of drug-likeness (QED) is 0.314. The van der Waals surface area contributed by atoms with E-state index in [1.165, 1.54) is 64.2 Å². The van der Waals surface area contributed by atoms with Gasteiger partial charge in [-0.3, -0.25) is 0 Å². The Morgan fingerprint density at radius 1 is 0.895 bits per heavy atom. The van der Waals surface area contributed by atoms with Crippen LogP contribution in [0.15, 0.2) is 12.7 Å². The second-order valence-corrected chi connectivity index (χ2v) is 6.26. The van der Waals surface area contributed by atoms with Crippen molar-refractivity contribution in [3.05, 3.63) is 12.7 Å². The molecule has 1 nitrogen and oxygen atoms in total. The summed E-state index contributed by atoms with van der Waals surface area (Å²) in [6, 6.07) is 0. The minimum absolute atomic E-state index is 0.289. The van der Waals surface area contributed by atoms with Gasteiger partial charge in [0.05, 0.1) is 0 Å². The first-order valence-electron chi connectivity index (χ1n) is 8.53. The second-order valence-electron chi connectivity index (χ2n) is 6.26. The Kier molecular flexibility index (Phi) is 12.5. The zero-order chi connectivity index (χ0) is 14.4. The number of hydrogen-bond donors (Lipinski definition) is 1. The molecular formula is C18H37N. The van der Waals surface area contributed by atoms with Crippen LogP contribution in [0.5, 0.6) is 0 Å². The zero-order valence-corrected chi connectivity index (χ0v) is 13.8. The third-order valence-electron chi connectivity index (χ3n) is 4.05. The van der Waals surface area contributed by atoms with Crippen molar-refractivity contribution in [3.8, 4) is 0 Å². The molecule has 0 spiro atoms. The van der Waals surface area contributed by atoms with E-state index >= 15 is 0 Å². The highest BCUT2D eigenvalue weighted by Gasteiger charge is 2.18. The second kappa shape index (κ2) is 12.7. The van der Waals surface area contributed by atoms with Crippen molar-refractivity contribution in [2.75, 3.05) is 13.1 Å². The predicted octanol–water partition coefficient (Wildman–Crippen LogP) is 5.71. The Morgan fingerprint density at radius 3 is 2.00 bits per heavy atom. The van der Waals surface area contributed by atoms with Crippen molar-refractivity contribution in [2.45, 2.75) is 85.0 Å². The molecule has 0 aromatic heterocycles. The third-order valence-corrected chi connectivity index (χ3v) is 4.05. The van der Waals surface area contributed by atoms with E-state index in [1.807, 2.05) is 0 Å². The third kappa shape index (κ3) is 11.2. The van der Waals surface area contributed by atoms with Gasteiger partial charge in [-0.2, -0.15) is 0 Å². The van der Waals surface area contributed by atoms with E-state index in [4.69, 9.17) is 0 Å².